The average Bonchev–Trinajstić information content (AvgIpc) is 2.30. The van der Waals surface area contributed by atoms with Gasteiger partial charge in [0.25, 0.3) is 0 Å². The van der Waals surface area contributed by atoms with Crippen molar-refractivity contribution in [1.29, 1.82) is 0 Å². The van der Waals surface area contributed by atoms with Gasteiger partial charge in [-0.1, -0.05) is 6.07 Å². The van der Waals surface area contributed by atoms with E-state index in [1.807, 2.05) is 0 Å². The molecule has 0 aromatic heterocycles. The molecule has 0 fully saturated rings. The summed E-state index contributed by atoms with van der Waals surface area (Å²) in [4.78, 5) is 11.3. The summed E-state index contributed by atoms with van der Waals surface area (Å²) in [6, 6.07) is 1.29. The highest BCUT2D eigenvalue weighted by Gasteiger charge is 2.35. The van der Waals surface area contributed by atoms with E-state index in [4.69, 9.17) is 0 Å². The van der Waals surface area contributed by atoms with Crippen molar-refractivity contribution < 1.29 is 27.1 Å². The molecule has 0 aliphatic heterocycles. The van der Waals surface area contributed by atoms with Crippen LogP contribution in [0.2, 0.25) is 0 Å². The zero-order valence-corrected chi connectivity index (χ0v) is 9.64. The third-order valence-electron chi connectivity index (χ3n) is 2.35. The van der Waals surface area contributed by atoms with Gasteiger partial charge in [0.05, 0.1) is 12.7 Å². The molecule has 1 aromatic carbocycles. The summed E-state index contributed by atoms with van der Waals surface area (Å²) < 4.78 is 55.0. The Hall–Kier alpha value is -1.63. The second-order valence-corrected chi connectivity index (χ2v) is 3.48. The van der Waals surface area contributed by atoms with Crippen LogP contribution >= 0.6 is 0 Å². The van der Waals surface area contributed by atoms with Gasteiger partial charge in [-0.2, -0.15) is 13.2 Å². The van der Waals surface area contributed by atoms with Crippen LogP contribution in [0.15, 0.2) is 18.2 Å². The first kappa shape index (κ1) is 14.4. The molecule has 0 aliphatic carbocycles. The Kier molecular flexibility index (Phi) is 4.28. The monoisotopic (exact) mass is 265 g/mol. The number of likely N-dealkylation sites (N-methyl/N-ethyl adjacent to an activating group) is 1. The Labute approximate surface area is 101 Å². The molecule has 7 heteroatoms. The Morgan fingerprint density at radius 2 is 2.00 bits per heavy atom. The first-order valence-electron chi connectivity index (χ1n) is 4.93. The van der Waals surface area contributed by atoms with Gasteiger partial charge in [0.1, 0.15) is 11.9 Å². The first-order chi connectivity index (χ1) is 8.31. The lowest BCUT2D eigenvalue weighted by Gasteiger charge is -2.16. The number of methoxy groups -OCH3 is 1. The summed E-state index contributed by atoms with van der Waals surface area (Å²) in [7, 11) is 2.50. The molecule has 1 unspecified atom stereocenters. The molecule has 0 spiro atoms. The number of carbonyl (C=O) groups is 1. The van der Waals surface area contributed by atoms with Crippen LogP contribution in [-0.2, 0) is 15.7 Å². The van der Waals surface area contributed by atoms with Crippen LogP contribution < -0.4 is 5.32 Å². The molecule has 0 heterocycles. The Balaban J connectivity index is 3.23. The highest BCUT2D eigenvalue weighted by molar-refractivity contribution is 5.77. The van der Waals surface area contributed by atoms with Crippen molar-refractivity contribution in [1.82, 2.24) is 5.32 Å². The zero-order chi connectivity index (χ0) is 13.9. The summed E-state index contributed by atoms with van der Waals surface area (Å²) in [5.74, 6) is -2.14. The van der Waals surface area contributed by atoms with Gasteiger partial charge in [0.15, 0.2) is 0 Å². The van der Waals surface area contributed by atoms with Crippen molar-refractivity contribution in [2.75, 3.05) is 14.2 Å². The van der Waals surface area contributed by atoms with Crippen LogP contribution in [0.3, 0.4) is 0 Å². The largest absolute Gasteiger partial charge is 0.468 e. The van der Waals surface area contributed by atoms with E-state index in [1.165, 1.54) is 7.05 Å². The van der Waals surface area contributed by atoms with Gasteiger partial charge >= 0.3 is 12.1 Å². The lowest BCUT2D eigenvalue weighted by Crippen LogP contribution is -2.27. The molecule has 0 aliphatic rings. The standard InChI is InChI=1S/C11H11F4NO2/c1-16-9(10(17)18-2)6-3-4-8(12)7(5-6)11(13,14)15/h3-5,9,16H,1-2H3. The number of alkyl halides is 3. The predicted octanol–water partition coefficient (Wildman–Crippen LogP) is 2.28. The van der Waals surface area contributed by atoms with Crippen LogP contribution in [0.5, 0.6) is 0 Å². The number of hydrogen-bond acceptors (Lipinski definition) is 3. The predicted molar refractivity (Wildman–Crippen MR) is 55.2 cm³/mol. The number of hydrogen-bond donors (Lipinski definition) is 1. The maximum Gasteiger partial charge on any atom is 0.419 e. The SMILES string of the molecule is CNC(C(=O)OC)c1ccc(F)c(C(F)(F)F)c1. The smallest absolute Gasteiger partial charge is 0.419 e. The van der Waals surface area contributed by atoms with Crippen LogP contribution in [0.1, 0.15) is 17.2 Å². The van der Waals surface area contributed by atoms with Gasteiger partial charge in [-0.3, -0.25) is 0 Å². The molecule has 100 valence electrons. The number of rotatable bonds is 3. The average molecular weight is 265 g/mol. The van der Waals surface area contributed by atoms with E-state index < -0.39 is 29.6 Å². The van der Waals surface area contributed by atoms with Gasteiger partial charge in [-0.05, 0) is 24.7 Å². The van der Waals surface area contributed by atoms with Crippen LogP contribution in [0, 0.1) is 5.82 Å². The van der Waals surface area contributed by atoms with Crippen molar-refractivity contribution in [3.8, 4) is 0 Å². The van der Waals surface area contributed by atoms with Crippen LogP contribution in [0.4, 0.5) is 17.6 Å². The molecular formula is C11H11F4NO2. The van der Waals surface area contributed by atoms with Gasteiger partial charge in [-0.25, -0.2) is 9.18 Å². The third kappa shape index (κ3) is 2.98. The molecule has 0 amide bonds. The molecule has 0 radical (unpaired) electrons. The fraction of sp³-hybridized carbons (Fsp3) is 0.364. The number of benzene rings is 1. The van der Waals surface area contributed by atoms with E-state index >= 15 is 0 Å². The molecule has 0 bridgehead atoms. The fourth-order valence-electron chi connectivity index (χ4n) is 1.48. The van der Waals surface area contributed by atoms with Gasteiger partial charge in [0.2, 0.25) is 0 Å². The Morgan fingerprint density at radius 1 is 1.39 bits per heavy atom. The van der Waals surface area contributed by atoms with Crippen molar-refractivity contribution in [2.24, 2.45) is 0 Å². The maximum atomic E-state index is 13.1. The zero-order valence-electron chi connectivity index (χ0n) is 9.64. The van der Waals surface area contributed by atoms with E-state index in [-0.39, 0.29) is 5.56 Å². The van der Waals surface area contributed by atoms with Crippen molar-refractivity contribution in [3.63, 3.8) is 0 Å². The van der Waals surface area contributed by atoms with Crippen LogP contribution in [-0.4, -0.2) is 20.1 Å². The molecular weight excluding hydrogens is 254 g/mol. The van der Waals surface area contributed by atoms with E-state index in [0.29, 0.717) is 12.1 Å². The van der Waals surface area contributed by atoms with Crippen molar-refractivity contribution >= 4 is 5.97 Å². The van der Waals surface area contributed by atoms with Crippen LogP contribution in [0.25, 0.3) is 0 Å². The summed E-state index contributed by atoms with van der Waals surface area (Å²) in [6.07, 6.45) is -4.81. The Morgan fingerprint density at radius 3 is 2.44 bits per heavy atom. The highest BCUT2D eigenvalue weighted by atomic mass is 19.4. The van der Waals surface area contributed by atoms with Gasteiger partial charge in [-0.15, -0.1) is 0 Å². The second-order valence-electron chi connectivity index (χ2n) is 3.48. The fourth-order valence-corrected chi connectivity index (χ4v) is 1.48. The van der Waals surface area contributed by atoms with Gasteiger partial charge in [0, 0.05) is 0 Å². The topological polar surface area (TPSA) is 38.3 Å². The van der Waals surface area contributed by atoms with E-state index in [0.717, 1.165) is 13.2 Å². The number of carbonyl (C=O) groups excluding carboxylic acids is 1. The molecule has 18 heavy (non-hydrogen) atoms. The minimum atomic E-state index is -4.81. The molecule has 3 nitrogen and oxygen atoms in total. The summed E-state index contributed by atoms with van der Waals surface area (Å²) in [5.41, 5.74) is -1.43. The number of esters is 1. The lowest BCUT2D eigenvalue weighted by atomic mass is 10.0. The van der Waals surface area contributed by atoms with Crippen molar-refractivity contribution in [2.45, 2.75) is 12.2 Å². The van der Waals surface area contributed by atoms with E-state index in [1.54, 1.807) is 0 Å². The lowest BCUT2D eigenvalue weighted by molar-refractivity contribution is -0.144. The minimum Gasteiger partial charge on any atom is -0.468 e. The normalized spacial score (nSPS) is 13.2. The van der Waals surface area contributed by atoms with E-state index in [9.17, 15) is 22.4 Å². The number of ether oxygens (including phenoxy) is 1. The molecule has 1 aromatic rings. The second kappa shape index (κ2) is 5.34. The molecule has 0 saturated carbocycles. The summed E-state index contributed by atoms with van der Waals surface area (Å²) in [5, 5.41) is 2.50. The first-order valence-corrected chi connectivity index (χ1v) is 4.93. The molecule has 1 rings (SSSR count). The quantitative estimate of drug-likeness (QED) is 0.673. The molecule has 1 N–H and O–H groups in total. The van der Waals surface area contributed by atoms with E-state index in [2.05, 4.69) is 10.1 Å². The third-order valence-corrected chi connectivity index (χ3v) is 2.35. The molecule has 0 saturated heterocycles. The minimum absolute atomic E-state index is 0.0157. The highest BCUT2D eigenvalue weighted by Crippen LogP contribution is 2.33. The summed E-state index contributed by atoms with van der Waals surface area (Å²) >= 11 is 0. The molecule has 1 atom stereocenters. The summed E-state index contributed by atoms with van der Waals surface area (Å²) in [6.45, 7) is 0. The number of halogens is 4. The van der Waals surface area contributed by atoms with Gasteiger partial charge < -0.3 is 10.1 Å². The van der Waals surface area contributed by atoms with Crippen molar-refractivity contribution in [3.05, 3.63) is 35.1 Å². The Bertz CT molecular complexity index is 445. The number of nitrogens with one attached hydrogen (secondary N) is 1. The maximum absolute atomic E-state index is 13.1.